The predicted molar refractivity (Wildman–Crippen MR) is 74.4 cm³/mol. The summed E-state index contributed by atoms with van der Waals surface area (Å²) in [7, 11) is 0. The van der Waals surface area contributed by atoms with Gasteiger partial charge in [-0.1, -0.05) is 17.7 Å². The Bertz CT molecular complexity index is 486. The largest absolute Gasteiger partial charge is 0.338 e. The minimum Gasteiger partial charge on any atom is -0.338 e. The molecule has 0 radical (unpaired) electrons. The first-order valence-electron chi connectivity index (χ1n) is 6.11. The minimum atomic E-state index is -0.538. The van der Waals surface area contributed by atoms with E-state index in [1.54, 1.807) is 11.0 Å². The highest BCUT2D eigenvalue weighted by atomic mass is 35.5. The molecule has 2 aliphatic heterocycles. The highest BCUT2D eigenvalue weighted by molar-refractivity contribution is 6.34. The van der Waals surface area contributed by atoms with Crippen LogP contribution < -0.4 is 5.32 Å². The van der Waals surface area contributed by atoms with Crippen LogP contribution in [0.15, 0.2) is 18.2 Å². The average Bonchev–Trinajstić information content (AvgIpc) is 2.92. The normalized spacial score (nSPS) is 25.1. The molecule has 0 aromatic heterocycles. The molecule has 2 aliphatic rings. The predicted octanol–water partition coefficient (Wildman–Crippen LogP) is 2.19. The Morgan fingerprint density at radius 1 is 1.32 bits per heavy atom. The number of likely N-dealkylation sites (tertiary alicyclic amines) is 1. The monoisotopic (exact) mass is 304 g/mol. The Balaban J connectivity index is 0.00000133. The summed E-state index contributed by atoms with van der Waals surface area (Å²) in [4.78, 5) is 14.1. The van der Waals surface area contributed by atoms with Crippen molar-refractivity contribution in [1.82, 2.24) is 10.2 Å². The molecule has 3 nitrogen and oxygen atoms in total. The third-order valence-electron chi connectivity index (χ3n) is 3.86. The van der Waals surface area contributed by atoms with E-state index in [0.717, 1.165) is 26.2 Å². The number of rotatable bonds is 1. The van der Waals surface area contributed by atoms with Gasteiger partial charge < -0.3 is 10.2 Å². The van der Waals surface area contributed by atoms with Crippen LogP contribution in [0.4, 0.5) is 4.39 Å². The van der Waals surface area contributed by atoms with Crippen molar-refractivity contribution in [2.75, 3.05) is 26.2 Å². The van der Waals surface area contributed by atoms with E-state index in [0.29, 0.717) is 11.8 Å². The van der Waals surface area contributed by atoms with Gasteiger partial charge in [-0.25, -0.2) is 4.39 Å². The van der Waals surface area contributed by atoms with E-state index >= 15 is 0 Å². The molecule has 104 valence electrons. The lowest BCUT2D eigenvalue weighted by atomic mass is 10.0. The maximum absolute atomic E-state index is 13.3. The second-order valence-electron chi connectivity index (χ2n) is 4.99. The molecule has 19 heavy (non-hydrogen) atoms. The Labute approximate surface area is 122 Å². The first kappa shape index (κ1) is 14.6. The van der Waals surface area contributed by atoms with Gasteiger partial charge in [0.1, 0.15) is 5.82 Å². The molecular formula is C13H15Cl2FN2O. The van der Waals surface area contributed by atoms with Gasteiger partial charge >= 0.3 is 0 Å². The van der Waals surface area contributed by atoms with Gasteiger partial charge in [0.05, 0.1) is 10.6 Å². The van der Waals surface area contributed by atoms with Crippen LogP contribution in [0.5, 0.6) is 0 Å². The summed E-state index contributed by atoms with van der Waals surface area (Å²) < 4.78 is 13.3. The van der Waals surface area contributed by atoms with Crippen molar-refractivity contribution in [3.8, 4) is 0 Å². The Kier molecular flexibility index (Phi) is 4.33. The molecule has 1 amide bonds. The van der Waals surface area contributed by atoms with Crippen molar-refractivity contribution in [3.05, 3.63) is 34.6 Å². The maximum Gasteiger partial charge on any atom is 0.255 e. The Hall–Kier alpha value is -0.840. The van der Waals surface area contributed by atoms with Gasteiger partial charge in [0.15, 0.2) is 0 Å². The van der Waals surface area contributed by atoms with E-state index in [1.807, 2.05) is 0 Å². The molecule has 2 fully saturated rings. The molecule has 2 heterocycles. The first-order chi connectivity index (χ1) is 8.66. The molecule has 6 heteroatoms. The van der Waals surface area contributed by atoms with Crippen LogP contribution in [0.1, 0.15) is 10.4 Å². The van der Waals surface area contributed by atoms with Crippen molar-refractivity contribution >= 4 is 29.9 Å². The molecule has 0 bridgehead atoms. The number of nitrogens with zero attached hydrogens (tertiary/aromatic N) is 1. The smallest absolute Gasteiger partial charge is 0.255 e. The molecule has 0 saturated carbocycles. The quantitative estimate of drug-likeness (QED) is 0.862. The molecular weight excluding hydrogens is 290 g/mol. The average molecular weight is 305 g/mol. The number of amides is 1. The topological polar surface area (TPSA) is 32.3 Å². The molecule has 1 N–H and O–H groups in total. The molecule has 2 atom stereocenters. The lowest BCUT2D eigenvalue weighted by molar-refractivity contribution is 0.0781. The van der Waals surface area contributed by atoms with E-state index in [4.69, 9.17) is 11.6 Å². The van der Waals surface area contributed by atoms with Gasteiger partial charge in [0, 0.05) is 26.2 Å². The van der Waals surface area contributed by atoms with Crippen molar-refractivity contribution < 1.29 is 9.18 Å². The van der Waals surface area contributed by atoms with Crippen LogP contribution in [-0.4, -0.2) is 37.0 Å². The highest BCUT2D eigenvalue weighted by Gasteiger charge is 2.38. The lowest BCUT2D eigenvalue weighted by Gasteiger charge is -2.18. The number of hydrogen-bond acceptors (Lipinski definition) is 2. The minimum absolute atomic E-state index is 0. The van der Waals surface area contributed by atoms with Crippen molar-refractivity contribution in [1.29, 1.82) is 0 Å². The Morgan fingerprint density at radius 3 is 2.58 bits per heavy atom. The van der Waals surface area contributed by atoms with Gasteiger partial charge in [-0.2, -0.15) is 0 Å². The van der Waals surface area contributed by atoms with E-state index < -0.39 is 5.82 Å². The maximum atomic E-state index is 13.3. The first-order valence-corrected chi connectivity index (χ1v) is 6.48. The van der Waals surface area contributed by atoms with Crippen LogP contribution >= 0.6 is 24.0 Å². The number of carbonyl (C=O) groups excluding carboxylic acids is 1. The van der Waals surface area contributed by atoms with Gasteiger partial charge in [0.25, 0.3) is 5.91 Å². The summed E-state index contributed by atoms with van der Waals surface area (Å²) in [6.45, 7) is 3.41. The van der Waals surface area contributed by atoms with Crippen LogP contribution in [0.3, 0.4) is 0 Å². The lowest BCUT2D eigenvalue weighted by Crippen LogP contribution is -2.32. The standard InChI is InChI=1S/C13H14ClFN2O.ClH/c14-12-10(2-1-3-11(12)15)13(18)17-6-8-4-16-5-9(8)7-17;/h1-3,8-9,16H,4-7H2;1H/t8-,9+;. The van der Waals surface area contributed by atoms with Crippen LogP contribution in [-0.2, 0) is 0 Å². The fourth-order valence-corrected chi connectivity index (χ4v) is 3.07. The van der Waals surface area contributed by atoms with E-state index in [9.17, 15) is 9.18 Å². The van der Waals surface area contributed by atoms with Gasteiger partial charge in [-0.15, -0.1) is 12.4 Å². The van der Waals surface area contributed by atoms with Gasteiger partial charge in [-0.3, -0.25) is 4.79 Å². The molecule has 2 saturated heterocycles. The van der Waals surface area contributed by atoms with Crippen molar-refractivity contribution in [2.24, 2.45) is 11.8 Å². The number of nitrogens with one attached hydrogen (secondary N) is 1. The second-order valence-corrected chi connectivity index (χ2v) is 5.37. The van der Waals surface area contributed by atoms with Crippen LogP contribution in [0.25, 0.3) is 0 Å². The van der Waals surface area contributed by atoms with E-state index in [1.165, 1.54) is 12.1 Å². The summed E-state index contributed by atoms with van der Waals surface area (Å²) in [6.07, 6.45) is 0. The number of hydrogen-bond donors (Lipinski definition) is 1. The number of carbonyl (C=O) groups is 1. The van der Waals surface area contributed by atoms with E-state index in [-0.39, 0.29) is 28.9 Å². The molecule has 1 aromatic rings. The second kappa shape index (κ2) is 5.65. The van der Waals surface area contributed by atoms with Crippen molar-refractivity contribution in [3.63, 3.8) is 0 Å². The molecule has 0 spiro atoms. The Morgan fingerprint density at radius 2 is 1.95 bits per heavy atom. The zero-order valence-corrected chi connectivity index (χ0v) is 11.8. The zero-order valence-electron chi connectivity index (χ0n) is 10.2. The summed E-state index contributed by atoms with van der Waals surface area (Å²) in [6, 6.07) is 4.37. The van der Waals surface area contributed by atoms with Crippen LogP contribution in [0, 0.1) is 17.7 Å². The fraction of sp³-hybridized carbons (Fsp3) is 0.462. The summed E-state index contributed by atoms with van der Waals surface area (Å²) >= 11 is 5.85. The molecule has 1 aromatic carbocycles. The third-order valence-corrected chi connectivity index (χ3v) is 4.24. The molecule has 0 unspecified atom stereocenters. The third kappa shape index (κ3) is 2.57. The number of benzene rings is 1. The van der Waals surface area contributed by atoms with Gasteiger partial charge in [0.2, 0.25) is 0 Å². The van der Waals surface area contributed by atoms with E-state index in [2.05, 4.69) is 5.32 Å². The highest BCUT2D eigenvalue weighted by Crippen LogP contribution is 2.29. The fourth-order valence-electron chi connectivity index (χ4n) is 2.86. The van der Waals surface area contributed by atoms with Crippen LogP contribution in [0.2, 0.25) is 5.02 Å². The SMILES string of the molecule is Cl.O=C(c1cccc(F)c1Cl)N1C[C@H]2CNC[C@H]2C1. The van der Waals surface area contributed by atoms with Gasteiger partial charge in [-0.05, 0) is 24.0 Å². The zero-order chi connectivity index (χ0) is 12.7. The summed E-state index contributed by atoms with van der Waals surface area (Å²) in [5, 5.41) is 3.25. The summed E-state index contributed by atoms with van der Waals surface area (Å²) in [5.74, 6) is 0.361. The molecule has 0 aliphatic carbocycles. The number of fused-ring (bicyclic) bond motifs is 1. The van der Waals surface area contributed by atoms with Crippen molar-refractivity contribution in [2.45, 2.75) is 0 Å². The summed E-state index contributed by atoms with van der Waals surface area (Å²) in [5.41, 5.74) is 0.268. The number of halogens is 3. The molecule has 3 rings (SSSR count).